The molecule has 0 amide bonds. The van der Waals surface area contributed by atoms with Crippen LogP contribution in [0.2, 0.25) is 0 Å². The molecule has 0 aliphatic heterocycles. The Morgan fingerprint density at radius 2 is 1.79 bits per heavy atom. The first kappa shape index (κ1) is 10.9. The summed E-state index contributed by atoms with van der Waals surface area (Å²) in [6.45, 7) is 5.01. The number of Topliss-reactive ketones (excluding diaryl/α,β-unsaturated/α-hetero) is 1. The Balaban J connectivity index is 2.99. The Bertz CT molecular complexity index is 325. The number of hydrogen-bond acceptors (Lipinski definition) is 3. The predicted octanol–water partition coefficient (Wildman–Crippen LogP) is 2.61. The first-order valence-corrected chi connectivity index (χ1v) is 4.41. The lowest BCUT2D eigenvalue weighted by molar-refractivity contribution is -0.318. The van der Waals surface area contributed by atoms with Crippen molar-refractivity contribution in [1.82, 2.24) is 0 Å². The van der Waals surface area contributed by atoms with Crippen LogP contribution < -0.4 is 0 Å². The first-order valence-electron chi connectivity index (χ1n) is 4.41. The fourth-order valence-corrected chi connectivity index (χ4v) is 1.16. The van der Waals surface area contributed by atoms with Gasteiger partial charge in [0.25, 0.3) is 0 Å². The topological polar surface area (TPSA) is 46.5 Å². The van der Waals surface area contributed by atoms with Crippen LogP contribution >= 0.6 is 0 Å². The smallest absolute Gasteiger partial charge is 0.159 e. The van der Waals surface area contributed by atoms with Gasteiger partial charge < -0.3 is 0 Å². The van der Waals surface area contributed by atoms with Gasteiger partial charge in [0.05, 0.1) is 0 Å². The predicted molar refractivity (Wildman–Crippen MR) is 53.2 cm³/mol. The zero-order chi connectivity index (χ0) is 10.8. The number of carbonyl (C=O) groups excluding carboxylic acids is 1. The van der Waals surface area contributed by atoms with Gasteiger partial charge in [-0.25, -0.2) is 4.89 Å². The third-order valence-corrected chi connectivity index (χ3v) is 2.21. The lowest BCUT2D eigenvalue weighted by atomic mass is 9.97. The molecule has 76 valence electrons. The van der Waals surface area contributed by atoms with Crippen molar-refractivity contribution in [2.75, 3.05) is 0 Å². The van der Waals surface area contributed by atoms with Gasteiger partial charge >= 0.3 is 0 Å². The average Bonchev–Trinajstić information content (AvgIpc) is 2.18. The number of rotatable bonds is 3. The van der Waals surface area contributed by atoms with E-state index in [2.05, 4.69) is 4.89 Å². The molecule has 14 heavy (non-hydrogen) atoms. The zero-order valence-electron chi connectivity index (χ0n) is 8.57. The highest BCUT2D eigenvalue weighted by Gasteiger charge is 2.21. The van der Waals surface area contributed by atoms with Gasteiger partial charge in [0, 0.05) is 5.56 Å². The highest BCUT2D eigenvalue weighted by molar-refractivity contribution is 5.94. The standard InChI is InChI=1S/C11H14O3/c1-8(12)9-4-6-10(7-5-9)11(2,3)14-13/h4-7,13H,1-3H3. The van der Waals surface area contributed by atoms with E-state index >= 15 is 0 Å². The molecule has 0 spiro atoms. The Morgan fingerprint density at radius 3 is 2.14 bits per heavy atom. The first-order chi connectivity index (χ1) is 6.47. The van der Waals surface area contributed by atoms with Crippen LogP contribution in [0.3, 0.4) is 0 Å². The molecule has 0 aromatic heterocycles. The number of ketones is 1. The van der Waals surface area contributed by atoms with E-state index in [-0.39, 0.29) is 5.78 Å². The fourth-order valence-electron chi connectivity index (χ4n) is 1.16. The van der Waals surface area contributed by atoms with E-state index in [4.69, 9.17) is 5.26 Å². The molecule has 1 N–H and O–H groups in total. The van der Waals surface area contributed by atoms with Gasteiger partial charge in [0.2, 0.25) is 0 Å². The summed E-state index contributed by atoms with van der Waals surface area (Å²) in [6, 6.07) is 6.98. The van der Waals surface area contributed by atoms with Crippen molar-refractivity contribution in [1.29, 1.82) is 0 Å². The molecule has 0 unspecified atom stereocenters. The van der Waals surface area contributed by atoms with Crippen LogP contribution in [0.15, 0.2) is 24.3 Å². The Kier molecular flexibility index (Phi) is 3.03. The van der Waals surface area contributed by atoms with Crippen LogP contribution in [0.25, 0.3) is 0 Å². The maximum absolute atomic E-state index is 11.0. The van der Waals surface area contributed by atoms with Gasteiger partial charge in [-0.05, 0) is 26.3 Å². The summed E-state index contributed by atoms with van der Waals surface area (Å²) in [5, 5.41) is 8.66. The van der Waals surface area contributed by atoms with Crippen LogP contribution in [0.4, 0.5) is 0 Å². The fraction of sp³-hybridized carbons (Fsp3) is 0.364. The quantitative estimate of drug-likeness (QED) is 0.457. The lowest BCUT2D eigenvalue weighted by Gasteiger charge is -2.20. The minimum absolute atomic E-state index is 0.0271. The van der Waals surface area contributed by atoms with Crippen LogP contribution in [-0.2, 0) is 10.5 Å². The van der Waals surface area contributed by atoms with Crippen LogP contribution in [-0.4, -0.2) is 11.0 Å². The molecule has 0 atom stereocenters. The van der Waals surface area contributed by atoms with E-state index in [9.17, 15) is 4.79 Å². The normalized spacial score (nSPS) is 11.4. The van der Waals surface area contributed by atoms with Gasteiger partial charge in [-0.15, -0.1) is 0 Å². The highest BCUT2D eigenvalue weighted by Crippen LogP contribution is 2.23. The van der Waals surface area contributed by atoms with E-state index in [1.807, 2.05) is 0 Å². The van der Waals surface area contributed by atoms with Crippen molar-refractivity contribution in [2.45, 2.75) is 26.4 Å². The summed E-state index contributed by atoms with van der Waals surface area (Å²) >= 11 is 0. The monoisotopic (exact) mass is 194 g/mol. The average molecular weight is 194 g/mol. The van der Waals surface area contributed by atoms with Crippen molar-refractivity contribution in [3.05, 3.63) is 35.4 Å². The minimum Gasteiger partial charge on any atom is -0.295 e. The van der Waals surface area contributed by atoms with Crippen molar-refractivity contribution in [2.24, 2.45) is 0 Å². The molecule has 0 fully saturated rings. The van der Waals surface area contributed by atoms with Crippen LogP contribution in [0.1, 0.15) is 36.7 Å². The van der Waals surface area contributed by atoms with E-state index in [0.717, 1.165) is 5.56 Å². The van der Waals surface area contributed by atoms with Gasteiger partial charge in [-0.1, -0.05) is 24.3 Å². The highest BCUT2D eigenvalue weighted by atomic mass is 17.1. The number of carbonyl (C=O) groups is 1. The van der Waals surface area contributed by atoms with E-state index in [1.165, 1.54) is 6.92 Å². The van der Waals surface area contributed by atoms with Crippen molar-refractivity contribution < 1.29 is 14.9 Å². The molecule has 0 radical (unpaired) electrons. The Hall–Kier alpha value is -1.19. The van der Waals surface area contributed by atoms with Gasteiger partial charge in [0.1, 0.15) is 5.60 Å². The molecule has 3 nitrogen and oxygen atoms in total. The summed E-state index contributed by atoms with van der Waals surface area (Å²) in [7, 11) is 0. The van der Waals surface area contributed by atoms with E-state index in [1.54, 1.807) is 38.1 Å². The summed E-state index contributed by atoms with van der Waals surface area (Å²) in [6.07, 6.45) is 0. The van der Waals surface area contributed by atoms with Gasteiger partial charge in [-0.3, -0.25) is 10.1 Å². The second-order valence-corrected chi connectivity index (χ2v) is 3.74. The SMILES string of the molecule is CC(=O)c1ccc(C(C)(C)OO)cc1. The Labute approximate surface area is 83.3 Å². The van der Waals surface area contributed by atoms with Crippen molar-refractivity contribution >= 4 is 5.78 Å². The number of benzene rings is 1. The maximum Gasteiger partial charge on any atom is 0.159 e. The molecule has 0 heterocycles. The van der Waals surface area contributed by atoms with Gasteiger partial charge in [-0.2, -0.15) is 0 Å². The minimum atomic E-state index is -0.741. The van der Waals surface area contributed by atoms with Crippen LogP contribution in [0, 0.1) is 0 Å². The molecule has 0 saturated heterocycles. The summed E-state index contributed by atoms with van der Waals surface area (Å²) in [5.74, 6) is 0.0271. The van der Waals surface area contributed by atoms with Gasteiger partial charge in [0.15, 0.2) is 5.78 Å². The zero-order valence-corrected chi connectivity index (χ0v) is 8.57. The summed E-state index contributed by atoms with van der Waals surface area (Å²) in [4.78, 5) is 15.3. The summed E-state index contributed by atoms with van der Waals surface area (Å²) in [5.41, 5.74) is 0.738. The molecule has 1 aromatic carbocycles. The molecule has 0 saturated carbocycles. The molecule has 1 rings (SSSR count). The third-order valence-electron chi connectivity index (χ3n) is 2.21. The molecule has 0 bridgehead atoms. The van der Waals surface area contributed by atoms with Crippen molar-refractivity contribution in [3.63, 3.8) is 0 Å². The van der Waals surface area contributed by atoms with E-state index in [0.29, 0.717) is 5.56 Å². The molecule has 3 heteroatoms. The molecular weight excluding hydrogens is 180 g/mol. The number of hydrogen-bond donors (Lipinski definition) is 1. The second-order valence-electron chi connectivity index (χ2n) is 3.74. The third kappa shape index (κ3) is 2.19. The molecule has 0 aliphatic carbocycles. The summed E-state index contributed by atoms with van der Waals surface area (Å²) < 4.78 is 0. The Morgan fingerprint density at radius 1 is 1.29 bits per heavy atom. The van der Waals surface area contributed by atoms with E-state index < -0.39 is 5.60 Å². The largest absolute Gasteiger partial charge is 0.295 e. The molecular formula is C11H14O3. The van der Waals surface area contributed by atoms with Crippen LogP contribution in [0.5, 0.6) is 0 Å². The lowest BCUT2D eigenvalue weighted by Crippen LogP contribution is -2.19. The van der Waals surface area contributed by atoms with Crippen molar-refractivity contribution in [3.8, 4) is 0 Å². The molecule has 1 aromatic rings. The maximum atomic E-state index is 11.0. The second kappa shape index (κ2) is 3.90. The molecule has 0 aliphatic rings.